The van der Waals surface area contributed by atoms with Crippen molar-refractivity contribution < 1.29 is 14.3 Å². The number of nitrogens with one attached hydrogen (secondary N) is 2. The van der Waals surface area contributed by atoms with Crippen molar-refractivity contribution in [3.63, 3.8) is 0 Å². The lowest BCUT2D eigenvalue weighted by atomic mass is 9.86. The van der Waals surface area contributed by atoms with Gasteiger partial charge in [-0.25, -0.2) is 9.59 Å². The van der Waals surface area contributed by atoms with Gasteiger partial charge in [0.2, 0.25) is 0 Å². The molecule has 0 saturated heterocycles. The molecule has 2 heterocycles. The topological polar surface area (TPSA) is 67.4 Å². The summed E-state index contributed by atoms with van der Waals surface area (Å²) in [5.74, 6) is 0.159. The molecule has 2 aliphatic rings. The summed E-state index contributed by atoms with van der Waals surface area (Å²) < 4.78 is 5.44. The van der Waals surface area contributed by atoms with Gasteiger partial charge >= 0.3 is 12.0 Å². The maximum Gasteiger partial charge on any atom is 0.338 e. The van der Waals surface area contributed by atoms with E-state index >= 15 is 0 Å². The van der Waals surface area contributed by atoms with Crippen LogP contribution in [0.3, 0.4) is 0 Å². The minimum Gasteiger partial charge on any atom is -0.462 e. The van der Waals surface area contributed by atoms with Gasteiger partial charge in [-0.1, -0.05) is 12.5 Å². The van der Waals surface area contributed by atoms with Crippen LogP contribution in [0.4, 0.5) is 4.79 Å². The largest absolute Gasteiger partial charge is 0.462 e. The lowest BCUT2D eigenvalue weighted by Gasteiger charge is -2.29. The first kappa shape index (κ1) is 14.1. The molecular formula is C15H18N2O3S. The minimum atomic E-state index is -0.423. The Kier molecular flexibility index (Phi) is 3.96. The van der Waals surface area contributed by atoms with Gasteiger partial charge in [0.05, 0.1) is 18.2 Å². The summed E-state index contributed by atoms with van der Waals surface area (Å²) in [7, 11) is 0. The summed E-state index contributed by atoms with van der Waals surface area (Å²) in [4.78, 5) is 25.0. The highest BCUT2D eigenvalue weighted by Crippen LogP contribution is 2.31. The third-order valence-electron chi connectivity index (χ3n) is 3.99. The number of rotatable bonds is 4. The normalized spacial score (nSPS) is 22.3. The quantitative estimate of drug-likeness (QED) is 0.841. The van der Waals surface area contributed by atoms with Crippen molar-refractivity contribution in [2.24, 2.45) is 5.92 Å². The van der Waals surface area contributed by atoms with Crippen LogP contribution in [0.2, 0.25) is 0 Å². The van der Waals surface area contributed by atoms with E-state index in [2.05, 4.69) is 10.6 Å². The number of hydrogen-bond donors (Lipinski definition) is 2. The fourth-order valence-electron chi connectivity index (χ4n) is 2.56. The molecule has 0 radical (unpaired) electrons. The number of carbonyl (C=O) groups is 2. The highest BCUT2D eigenvalue weighted by atomic mass is 32.1. The van der Waals surface area contributed by atoms with E-state index in [0.717, 1.165) is 17.7 Å². The van der Waals surface area contributed by atoms with Gasteiger partial charge in [0, 0.05) is 10.6 Å². The Morgan fingerprint density at radius 1 is 1.48 bits per heavy atom. The van der Waals surface area contributed by atoms with E-state index in [0.29, 0.717) is 23.8 Å². The Hall–Kier alpha value is -1.82. The molecule has 1 aromatic rings. The van der Waals surface area contributed by atoms with Gasteiger partial charge in [0.25, 0.3) is 0 Å². The van der Waals surface area contributed by atoms with Crippen molar-refractivity contribution >= 4 is 23.3 Å². The number of ether oxygens (including phenoxy) is 1. The van der Waals surface area contributed by atoms with E-state index in [1.807, 2.05) is 17.5 Å². The molecule has 1 aromatic heterocycles. The predicted molar refractivity (Wildman–Crippen MR) is 79.7 cm³/mol. The molecule has 0 aromatic carbocycles. The summed E-state index contributed by atoms with van der Waals surface area (Å²) in [6.07, 6.45) is 3.49. The monoisotopic (exact) mass is 306 g/mol. The number of hydrogen-bond acceptors (Lipinski definition) is 4. The van der Waals surface area contributed by atoms with Crippen LogP contribution >= 0.6 is 11.3 Å². The van der Waals surface area contributed by atoms with Gasteiger partial charge in [0.15, 0.2) is 0 Å². The zero-order chi connectivity index (χ0) is 14.8. The predicted octanol–water partition coefficient (Wildman–Crippen LogP) is 2.72. The third-order valence-corrected chi connectivity index (χ3v) is 4.93. The van der Waals surface area contributed by atoms with E-state index in [9.17, 15) is 9.59 Å². The molecule has 1 aliphatic heterocycles. The number of esters is 1. The minimum absolute atomic E-state index is 0.290. The average Bonchev–Trinajstić information content (AvgIpc) is 2.89. The first-order valence-corrected chi connectivity index (χ1v) is 8.02. The Labute approximate surface area is 127 Å². The van der Waals surface area contributed by atoms with Crippen LogP contribution in [0.1, 0.15) is 37.1 Å². The average molecular weight is 306 g/mol. The second kappa shape index (κ2) is 5.89. The summed E-state index contributed by atoms with van der Waals surface area (Å²) in [5.41, 5.74) is 1.06. The second-order valence-electron chi connectivity index (χ2n) is 5.48. The number of amides is 2. The van der Waals surface area contributed by atoms with Gasteiger partial charge in [0.1, 0.15) is 0 Å². The molecule has 1 atom stereocenters. The first-order chi connectivity index (χ1) is 10.1. The SMILES string of the molecule is CC1=C(C(=O)OCC2CCC2)C(c2cccs2)NC(=O)N1. The van der Waals surface area contributed by atoms with Gasteiger partial charge < -0.3 is 15.4 Å². The number of allylic oxidation sites excluding steroid dienone is 1. The van der Waals surface area contributed by atoms with Crippen molar-refractivity contribution in [2.75, 3.05) is 6.61 Å². The standard InChI is InChI=1S/C15H18N2O3S/c1-9-12(14(18)20-8-10-4-2-5-10)13(17-15(19)16-9)11-6-3-7-21-11/h3,6-7,10,13H,2,4-5,8H2,1H3,(H2,16,17,19). The summed E-state index contributed by atoms with van der Waals surface area (Å²) in [6.45, 7) is 2.21. The summed E-state index contributed by atoms with van der Waals surface area (Å²) >= 11 is 1.51. The van der Waals surface area contributed by atoms with Crippen LogP contribution in [0.5, 0.6) is 0 Å². The molecule has 2 N–H and O–H groups in total. The van der Waals surface area contributed by atoms with Crippen LogP contribution in [0, 0.1) is 5.92 Å². The van der Waals surface area contributed by atoms with Gasteiger partial charge in [-0.15, -0.1) is 11.3 Å². The van der Waals surface area contributed by atoms with Crippen molar-refractivity contribution in [1.29, 1.82) is 0 Å². The summed E-state index contributed by atoms with van der Waals surface area (Å²) in [6, 6.07) is 3.10. The molecular weight excluding hydrogens is 288 g/mol. The lowest BCUT2D eigenvalue weighted by Crippen LogP contribution is -2.45. The molecule has 2 amide bonds. The lowest BCUT2D eigenvalue weighted by molar-refractivity contribution is -0.141. The number of thiophene rings is 1. The van der Waals surface area contributed by atoms with Crippen molar-refractivity contribution in [3.8, 4) is 0 Å². The Morgan fingerprint density at radius 3 is 2.90 bits per heavy atom. The summed E-state index contributed by atoms with van der Waals surface area (Å²) in [5, 5.41) is 7.38. The zero-order valence-corrected chi connectivity index (χ0v) is 12.7. The highest BCUT2D eigenvalue weighted by Gasteiger charge is 2.33. The highest BCUT2D eigenvalue weighted by molar-refractivity contribution is 7.10. The molecule has 21 heavy (non-hydrogen) atoms. The number of carbonyl (C=O) groups excluding carboxylic acids is 2. The molecule has 112 valence electrons. The van der Waals surface area contributed by atoms with Crippen molar-refractivity contribution in [2.45, 2.75) is 32.2 Å². The van der Waals surface area contributed by atoms with Crippen LogP contribution in [-0.2, 0) is 9.53 Å². The van der Waals surface area contributed by atoms with Crippen molar-refractivity contribution in [3.05, 3.63) is 33.7 Å². The van der Waals surface area contributed by atoms with Gasteiger partial charge in [-0.3, -0.25) is 0 Å². The maximum atomic E-state index is 12.4. The molecule has 0 spiro atoms. The molecule has 3 rings (SSSR count). The van der Waals surface area contributed by atoms with Crippen LogP contribution in [0.15, 0.2) is 28.8 Å². The molecule has 1 unspecified atom stereocenters. The van der Waals surface area contributed by atoms with Crippen LogP contribution in [0.25, 0.3) is 0 Å². The molecule has 1 aliphatic carbocycles. The van der Waals surface area contributed by atoms with E-state index in [-0.39, 0.29) is 12.0 Å². The number of urea groups is 1. The fourth-order valence-corrected chi connectivity index (χ4v) is 3.35. The Morgan fingerprint density at radius 2 is 2.29 bits per heavy atom. The Bertz CT molecular complexity index is 576. The molecule has 1 saturated carbocycles. The smallest absolute Gasteiger partial charge is 0.338 e. The second-order valence-corrected chi connectivity index (χ2v) is 6.46. The molecule has 0 bridgehead atoms. The van der Waals surface area contributed by atoms with Gasteiger partial charge in [-0.2, -0.15) is 0 Å². The van der Waals surface area contributed by atoms with E-state index in [4.69, 9.17) is 4.74 Å². The van der Waals surface area contributed by atoms with Crippen molar-refractivity contribution in [1.82, 2.24) is 10.6 Å². The molecule has 6 heteroatoms. The van der Waals surface area contributed by atoms with E-state index in [1.54, 1.807) is 6.92 Å². The van der Waals surface area contributed by atoms with E-state index in [1.165, 1.54) is 17.8 Å². The third kappa shape index (κ3) is 2.95. The maximum absolute atomic E-state index is 12.4. The fraction of sp³-hybridized carbons (Fsp3) is 0.467. The van der Waals surface area contributed by atoms with Gasteiger partial charge in [-0.05, 0) is 37.1 Å². The zero-order valence-electron chi connectivity index (χ0n) is 11.8. The first-order valence-electron chi connectivity index (χ1n) is 7.14. The van der Waals surface area contributed by atoms with E-state index < -0.39 is 6.04 Å². The molecule has 1 fully saturated rings. The van der Waals surface area contributed by atoms with Crippen LogP contribution < -0.4 is 10.6 Å². The Balaban J connectivity index is 1.79. The molecule has 5 nitrogen and oxygen atoms in total. The van der Waals surface area contributed by atoms with Crippen LogP contribution in [-0.4, -0.2) is 18.6 Å².